The Morgan fingerprint density at radius 3 is 2.60 bits per heavy atom. The molecule has 10 heteroatoms. The predicted molar refractivity (Wildman–Crippen MR) is 93.3 cm³/mol. The summed E-state index contributed by atoms with van der Waals surface area (Å²) in [6.45, 7) is 9.37. The van der Waals surface area contributed by atoms with Gasteiger partial charge in [-0.15, -0.1) is 5.10 Å². The molecular weight excluding hydrogens is 344 g/mol. The van der Waals surface area contributed by atoms with Crippen LogP contribution in [0.25, 0.3) is 0 Å². The molecule has 1 saturated heterocycles. The molecule has 0 unspecified atom stereocenters. The zero-order valence-corrected chi connectivity index (χ0v) is 16.0. The summed E-state index contributed by atoms with van der Waals surface area (Å²) in [7, 11) is 0. The maximum absolute atomic E-state index is 12.2. The van der Waals surface area contributed by atoms with Crippen LogP contribution in [-0.4, -0.2) is 68.6 Å². The number of nitrogens with zero attached hydrogens (tertiary/aromatic N) is 5. The standard InChI is InChI=1S/C15H26N6O3S/c1-5-24-14(23)20-8-6-11(7-9-20)16-12(22)10-25-13-17-18-19-21(13)15(2,3)4/h11H,5-10H2,1-4H3,(H,16,22). The third-order valence-electron chi connectivity index (χ3n) is 3.79. The van der Waals surface area contributed by atoms with Gasteiger partial charge in [-0.25, -0.2) is 9.48 Å². The molecule has 1 aromatic heterocycles. The van der Waals surface area contributed by atoms with E-state index in [4.69, 9.17) is 4.74 Å². The number of hydrogen-bond acceptors (Lipinski definition) is 7. The number of piperidine rings is 1. The number of hydrogen-bond donors (Lipinski definition) is 1. The molecule has 0 aromatic carbocycles. The molecule has 2 rings (SSSR count). The van der Waals surface area contributed by atoms with Gasteiger partial charge in [0.25, 0.3) is 0 Å². The molecule has 0 spiro atoms. The van der Waals surface area contributed by atoms with Crippen molar-refractivity contribution in [3.63, 3.8) is 0 Å². The van der Waals surface area contributed by atoms with Gasteiger partial charge in [0.2, 0.25) is 11.1 Å². The van der Waals surface area contributed by atoms with E-state index in [0.29, 0.717) is 24.9 Å². The highest BCUT2D eigenvalue weighted by Gasteiger charge is 2.25. The van der Waals surface area contributed by atoms with Crippen LogP contribution in [-0.2, 0) is 15.1 Å². The fourth-order valence-electron chi connectivity index (χ4n) is 2.51. The molecule has 0 atom stereocenters. The molecule has 1 aliphatic rings. The number of carbonyl (C=O) groups is 2. The van der Waals surface area contributed by atoms with Crippen LogP contribution < -0.4 is 5.32 Å². The van der Waals surface area contributed by atoms with Crippen LogP contribution in [0.2, 0.25) is 0 Å². The third-order valence-corrected chi connectivity index (χ3v) is 4.71. The Balaban J connectivity index is 1.75. The Kier molecular flexibility index (Phi) is 6.63. The second-order valence-electron chi connectivity index (χ2n) is 6.86. The molecule has 9 nitrogen and oxygen atoms in total. The van der Waals surface area contributed by atoms with Crippen molar-refractivity contribution < 1.29 is 14.3 Å². The van der Waals surface area contributed by atoms with E-state index in [9.17, 15) is 9.59 Å². The van der Waals surface area contributed by atoms with Crippen LogP contribution in [0.15, 0.2) is 5.16 Å². The highest BCUT2D eigenvalue weighted by molar-refractivity contribution is 7.99. The summed E-state index contributed by atoms with van der Waals surface area (Å²) in [6.07, 6.45) is 1.18. The van der Waals surface area contributed by atoms with Gasteiger partial charge in [-0.05, 0) is 51.0 Å². The zero-order chi connectivity index (χ0) is 18.4. The lowest BCUT2D eigenvalue weighted by Gasteiger charge is -2.31. The number of aromatic nitrogens is 4. The van der Waals surface area contributed by atoms with Crippen molar-refractivity contribution in [2.24, 2.45) is 0 Å². The Labute approximate surface area is 151 Å². The molecule has 0 radical (unpaired) electrons. The van der Waals surface area contributed by atoms with Gasteiger partial charge >= 0.3 is 6.09 Å². The van der Waals surface area contributed by atoms with E-state index < -0.39 is 0 Å². The number of likely N-dealkylation sites (tertiary alicyclic amines) is 1. The maximum Gasteiger partial charge on any atom is 0.409 e. The van der Waals surface area contributed by atoms with Gasteiger partial charge in [-0.2, -0.15) is 0 Å². The first kappa shape index (κ1) is 19.5. The average Bonchev–Trinajstić information content (AvgIpc) is 3.03. The van der Waals surface area contributed by atoms with Gasteiger partial charge in [0, 0.05) is 19.1 Å². The van der Waals surface area contributed by atoms with Crippen molar-refractivity contribution in [1.82, 2.24) is 30.4 Å². The number of carbonyl (C=O) groups excluding carboxylic acids is 2. The predicted octanol–water partition coefficient (Wildman–Crippen LogP) is 1.26. The first-order chi connectivity index (χ1) is 11.8. The minimum Gasteiger partial charge on any atom is -0.450 e. The average molecular weight is 370 g/mol. The smallest absolute Gasteiger partial charge is 0.409 e. The number of rotatable bonds is 5. The topological polar surface area (TPSA) is 102 Å². The van der Waals surface area contributed by atoms with Crippen molar-refractivity contribution in [3.05, 3.63) is 0 Å². The van der Waals surface area contributed by atoms with Crippen LogP contribution in [0.4, 0.5) is 4.79 Å². The fourth-order valence-corrected chi connectivity index (χ4v) is 3.38. The van der Waals surface area contributed by atoms with Crippen LogP contribution in [0.5, 0.6) is 0 Å². The van der Waals surface area contributed by atoms with E-state index >= 15 is 0 Å². The van der Waals surface area contributed by atoms with E-state index in [2.05, 4.69) is 20.8 Å². The molecule has 2 heterocycles. The fraction of sp³-hybridized carbons (Fsp3) is 0.800. The molecule has 0 aliphatic carbocycles. The number of thioether (sulfide) groups is 1. The van der Waals surface area contributed by atoms with Gasteiger partial charge in [0.1, 0.15) is 0 Å². The molecule has 1 N–H and O–H groups in total. The quantitative estimate of drug-likeness (QED) is 0.778. The highest BCUT2D eigenvalue weighted by atomic mass is 32.2. The lowest BCUT2D eigenvalue weighted by Crippen LogP contribution is -2.47. The minimum atomic E-state index is -0.281. The van der Waals surface area contributed by atoms with Crippen molar-refractivity contribution in [1.29, 1.82) is 0 Å². The summed E-state index contributed by atoms with van der Waals surface area (Å²) in [5, 5.41) is 15.3. The van der Waals surface area contributed by atoms with Crippen molar-refractivity contribution in [3.8, 4) is 0 Å². The Hall–Kier alpha value is -1.84. The molecule has 0 saturated carbocycles. The maximum atomic E-state index is 12.2. The zero-order valence-electron chi connectivity index (χ0n) is 15.2. The summed E-state index contributed by atoms with van der Waals surface area (Å²) < 4.78 is 6.70. The normalized spacial score (nSPS) is 15.9. The van der Waals surface area contributed by atoms with Gasteiger partial charge in [-0.3, -0.25) is 4.79 Å². The van der Waals surface area contributed by atoms with Crippen LogP contribution >= 0.6 is 11.8 Å². The summed E-state index contributed by atoms with van der Waals surface area (Å²) in [6, 6.07) is 0.0809. The van der Waals surface area contributed by atoms with Crippen LogP contribution in [0.1, 0.15) is 40.5 Å². The highest BCUT2D eigenvalue weighted by Crippen LogP contribution is 2.21. The minimum absolute atomic E-state index is 0.0527. The Bertz CT molecular complexity index is 592. The van der Waals surface area contributed by atoms with Gasteiger partial charge in [0.15, 0.2) is 0 Å². The largest absolute Gasteiger partial charge is 0.450 e. The lowest BCUT2D eigenvalue weighted by atomic mass is 10.1. The SMILES string of the molecule is CCOC(=O)N1CCC(NC(=O)CSc2nnnn2C(C)(C)C)CC1. The van der Waals surface area contributed by atoms with Gasteiger partial charge in [0.05, 0.1) is 17.9 Å². The van der Waals surface area contributed by atoms with E-state index in [0.717, 1.165) is 12.8 Å². The number of amides is 2. The summed E-state index contributed by atoms with van der Waals surface area (Å²) >= 11 is 1.32. The molecule has 1 aromatic rings. The molecule has 0 bridgehead atoms. The third kappa shape index (κ3) is 5.58. The molecule has 1 aliphatic heterocycles. The van der Waals surface area contributed by atoms with Crippen molar-refractivity contribution >= 4 is 23.8 Å². The lowest BCUT2D eigenvalue weighted by molar-refractivity contribution is -0.119. The first-order valence-corrected chi connectivity index (χ1v) is 9.42. The second-order valence-corrected chi connectivity index (χ2v) is 7.80. The van der Waals surface area contributed by atoms with Gasteiger partial charge in [-0.1, -0.05) is 11.8 Å². The Morgan fingerprint density at radius 1 is 1.32 bits per heavy atom. The van der Waals surface area contributed by atoms with Crippen LogP contribution in [0, 0.1) is 0 Å². The number of tetrazole rings is 1. The molecule has 25 heavy (non-hydrogen) atoms. The molecular formula is C15H26N6O3S. The van der Waals surface area contributed by atoms with Gasteiger partial charge < -0.3 is 15.0 Å². The monoisotopic (exact) mass is 370 g/mol. The number of nitrogens with one attached hydrogen (secondary N) is 1. The van der Waals surface area contributed by atoms with Crippen LogP contribution in [0.3, 0.4) is 0 Å². The second kappa shape index (κ2) is 8.50. The molecule has 2 amide bonds. The first-order valence-electron chi connectivity index (χ1n) is 8.44. The summed E-state index contributed by atoms with van der Waals surface area (Å²) in [4.78, 5) is 25.5. The summed E-state index contributed by atoms with van der Waals surface area (Å²) in [5.41, 5.74) is -0.234. The van der Waals surface area contributed by atoms with E-state index in [1.165, 1.54) is 11.8 Å². The van der Waals surface area contributed by atoms with E-state index in [1.54, 1.807) is 16.5 Å². The number of ether oxygens (including phenoxy) is 1. The van der Waals surface area contributed by atoms with E-state index in [-0.39, 0.29) is 29.3 Å². The van der Waals surface area contributed by atoms with Crippen molar-refractivity contribution in [2.75, 3.05) is 25.4 Å². The van der Waals surface area contributed by atoms with E-state index in [1.807, 2.05) is 20.8 Å². The Morgan fingerprint density at radius 2 is 2.00 bits per heavy atom. The summed E-state index contributed by atoms with van der Waals surface area (Å²) in [5.74, 6) is 0.206. The molecule has 140 valence electrons. The van der Waals surface area contributed by atoms with Crippen molar-refractivity contribution in [2.45, 2.75) is 57.3 Å². The molecule has 1 fully saturated rings.